The molecule has 0 spiro atoms. The van der Waals surface area contributed by atoms with Crippen molar-refractivity contribution in [3.8, 4) is 0 Å². The van der Waals surface area contributed by atoms with E-state index in [9.17, 15) is 0 Å². The van der Waals surface area contributed by atoms with Crippen LogP contribution in [0.3, 0.4) is 0 Å². The van der Waals surface area contributed by atoms with Crippen molar-refractivity contribution in [1.82, 2.24) is 4.98 Å². The number of aryl methyl sites for hydroxylation is 2. The Bertz CT molecular complexity index is 526. The third kappa shape index (κ3) is 3.47. The SMILES string of the molecule is Cc1cc(Nc2ccc(CCCl)cc2)ncc1Br. The van der Waals surface area contributed by atoms with E-state index in [4.69, 9.17) is 11.6 Å². The normalized spacial score (nSPS) is 10.4. The van der Waals surface area contributed by atoms with Gasteiger partial charge in [0.1, 0.15) is 5.82 Å². The molecule has 2 rings (SSSR count). The van der Waals surface area contributed by atoms with Crippen LogP contribution in [0.5, 0.6) is 0 Å². The Morgan fingerprint density at radius 2 is 2.00 bits per heavy atom. The molecule has 18 heavy (non-hydrogen) atoms. The molecule has 2 nitrogen and oxygen atoms in total. The molecule has 0 aliphatic rings. The number of rotatable bonds is 4. The summed E-state index contributed by atoms with van der Waals surface area (Å²) in [6.07, 6.45) is 2.71. The second kappa shape index (κ2) is 6.21. The maximum Gasteiger partial charge on any atom is 0.130 e. The van der Waals surface area contributed by atoms with Crippen LogP contribution in [-0.2, 0) is 6.42 Å². The van der Waals surface area contributed by atoms with Crippen molar-refractivity contribution < 1.29 is 0 Å². The van der Waals surface area contributed by atoms with Crippen LogP contribution in [-0.4, -0.2) is 10.9 Å². The lowest BCUT2D eigenvalue weighted by atomic mass is 10.1. The Hall–Kier alpha value is -1.06. The highest BCUT2D eigenvalue weighted by Crippen LogP contribution is 2.20. The number of anilines is 2. The molecule has 0 unspecified atom stereocenters. The lowest BCUT2D eigenvalue weighted by Gasteiger charge is -2.08. The molecule has 1 aromatic heterocycles. The van der Waals surface area contributed by atoms with E-state index in [0.717, 1.165) is 28.0 Å². The lowest BCUT2D eigenvalue weighted by Crippen LogP contribution is -1.95. The summed E-state index contributed by atoms with van der Waals surface area (Å²) < 4.78 is 1.02. The van der Waals surface area contributed by atoms with Crippen molar-refractivity contribution in [1.29, 1.82) is 0 Å². The van der Waals surface area contributed by atoms with Crippen LogP contribution in [0.2, 0.25) is 0 Å². The number of hydrogen-bond donors (Lipinski definition) is 1. The molecule has 0 saturated heterocycles. The Kier molecular flexibility index (Phi) is 4.61. The summed E-state index contributed by atoms with van der Waals surface area (Å²) >= 11 is 9.15. The van der Waals surface area contributed by atoms with Crippen LogP contribution in [0.1, 0.15) is 11.1 Å². The zero-order valence-corrected chi connectivity index (χ0v) is 12.4. The summed E-state index contributed by atoms with van der Waals surface area (Å²) in [6.45, 7) is 2.04. The minimum Gasteiger partial charge on any atom is -0.340 e. The quantitative estimate of drug-likeness (QED) is 0.826. The van der Waals surface area contributed by atoms with Gasteiger partial charge in [-0.05, 0) is 58.6 Å². The predicted octanol–water partition coefficient (Wildman–Crippen LogP) is 4.68. The molecule has 1 heterocycles. The van der Waals surface area contributed by atoms with Gasteiger partial charge in [0.2, 0.25) is 0 Å². The number of nitrogens with zero attached hydrogens (tertiary/aromatic N) is 1. The number of hydrogen-bond acceptors (Lipinski definition) is 2. The molecule has 0 aliphatic carbocycles. The van der Waals surface area contributed by atoms with E-state index in [-0.39, 0.29) is 0 Å². The fourth-order valence-corrected chi connectivity index (χ4v) is 2.05. The highest BCUT2D eigenvalue weighted by Gasteiger charge is 2.00. The van der Waals surface area contributed by atoms with Gasteiger partial charge in [0.25, 0.3) is 0 Å². The number of nitrogens with one attached hydrogen (secondary N) is 1. The number of halogens is 2. The molecule has 0 fully saturated rings. The van der Waals surface area contributed by atoms with Crippen LogP contribution in [0.4, 0.5) is 11.5 Å². The molecular weight excluding hydrogens is 312 g/mol. The van der Waals surface area contributed by atoms with E-state index in [0.29, 0.717) is 5.88 Å². The number of alkyl halides is 1. The smallest absolute Gasteiger partial charge is 0.130 e. The van der Waals surface area contributed by atoms with E-state index in [1.54, 1.807) is 6.20 Å². The Labute approximate surface area is 121 Å². The fourth-order valence-electron chi connectivity index (χ4n) is 1.62. The zero-order valence-electron chi connectivity index (χ0n) is 10.1. The highest BCUT2D eigenvalue weighted by atomic mass is 79.9. The minimum atomic E-state index is 0.653. The first-order chi connectivity index (χ1) is 8.69. The van der Waals surface area contributed by atoms with Gasteiger partial charge in [-0.15, -0.1) is 11.6 Å². The van der Waals surface area contributed by atoms with Gasteiger partial charge in [-0.2, -0.15) is 0 Å². The monoisotopic (exact) mass is 324 g/mol. The molecular formula is C14H14BrClN2. The molecule has 0 radical (unpaired) electrons. The first-order valence-electron chi connectivity index (χ1n) is 5.73. The van der Waals surface area contributed by atoms with Gasteiger partial charge in [0.15, 0.2) is 0 Å². The maximum absolute atomic E-state index is 5.71. The first-order valence-corrected chi connectivity index (χ1v) is 7.06. The summed E-state index contributed by atoms with van der Waals surface area (Å²) in [7, 11) is 0. The van der Waals surface area contributed by atoms with Crippen molar-refractivity contribution in [2.45, 2.75) is 13.3 Å². The van der Waals surface area contributed by atoms with Gasteiger partial charge in [-0.3, -0.25) is 0 Å². The minimum absolute atomic E-state index is 0.653. The van der Waals surface area contributed by atoms with Gasteiger partial charge in [0.05, 0.1) is 0 Å². The predicted molar refractivity (Wildman–Crippen MR) is 80.8 cm³/mol. The summed E-state index contributed by atoms with van der Waals surface area (Å²) in [5.41, 5.74) is 3.43. The Morgan fingerprint density at radius 3 is 2.61 bits per heavy atom. The largest absolute Gasteiger partial charge is 0.340 e. The van der Waals surface area contributed by atoms with Crippen LogP contribution in [0, 0.1) is 6.92 Å². The van der Waals surface area contributed by atoms with E-state index in [1.165, 1.54) is 5.56 Å². The Morgan fingerprint density at radius 1 is 1.28 bits per heavy atom. The number of aromatic nitrogens is 1. The lowest BCUT2D eigenvalue weighted by molar-refractivity contribution is 1.15. The summed E-state index contributed by atoms with van der Waals surface area (Å²) in [6, 6.07) is 10.3. The van der Waals surface area contributed by atoms with Crippen LogP contribution < -0.4 is 5.32 Å². The van der Waals surface area contributed by atoms with Gasteiger partial charge >= 0.3 is 0 Å². The molecule has 94 valence electrons. The number of pyridine rings is 1. The molecule has 0 bridgehead atoms. The van der Waals surface area contributed by atoms with Gasteiger partial charge in [0, 0.05) is 22.2 Å². The average Bonchev–Trinajstić information content (AvgIpc) is 2.37. The van der Waals surface area contributed by atoms with Crippen molar-refractivity contribution in [2.24, 2.45) is 0 Å². The highest BCUT2D eigenvalue weighted by molar-refractivity contribution is 9.10. The summed E-state index contributed by atoms with van der Waals surface area (Å²) in [5.74, 6) is 1.50. The molecule has 0 atom stereocenters. The van der Waals surface area contributed by atoms with E-state index >= 15 is 0 Å². The van der Waals surface area contributed by atoms with E-state index in [1.807, 2.05) is 25.1 Å². The van der Waals surface area contributed by atoms with E-state index < -0.39 is 0 Å². The third-order valence-electron chi connectivity index (χ3n) is 2.66. The van der Waals surface area contributed by atoms with Crippen molar-refractivity contribution in [2.75, 3.05) is 11.2 Å². The third-order valence-corrected chi connectivity index (χ3v) is 3.68. The zero-order chi connectivity index (χ0) is 13.0. The van der Waals surface area contributed by atoms with Gasteiger partial charge < -0.3 is 5.32 Å². The van der Waals surface area contributed by atoms with Crippen molar-refractivity contribution >= 4 is 39.0 Å². The van der Waals surface area contributed by atoms with Gasteiger partial charge in [-0.25, -0.2) is 4.98 Å². The second-order valence-corrected chi connectivity index (χ2v) is 5.31. The molecule has 4 heteroatoms. The average molecular weight is 326 g/mol. The molecule has 1 aromatic carbocycles. The molecule has 0 aliphatic heterocycles. The van der Waals surface area contributed by atoms with Crippen LogP contribution >= 0.6 is 27.5 Å². The van der Waals surface area contributed by atoms with Crippen molar-refractivity contribution in [3.63, 3.8) is 0 Å². The van der Waals surface area contributed by atoms with Crippen LogP contribution in [0.15, 0.2) is 41.0 Å². The first kappa shape index (κ1) is 13.4. The van der Waals surface area contributed by atoms with Crippen molar-refractivity contribution in [3.05, 3.63) is 52.1 Å². The topological polar surface area (TPSA) is 24.9 Å². The number of benzene rings is 1. The molecule has 0 amide bonds. The second-order valence-electron chi connectivity index (χ2n) is 4.08. The summed E-state index contributed by atoms with van der Waals surface area (Å²) in [4.78, 5) is 4.31. The van der Waals surface area contributed by atoms with E-state index in [2.05, 4.69) is 38.4 Å². The Balaban J connectivity index is 2.10. The maximum atomic E-state index is 5.71. The van der Waals surface area contributed by atoms with Gasteiger partial charge in [-0.1, -0.05) is 12.1 Å². The molecule has 0 saturated carbocycles. The molecule has 2 aromatic rings. The molecule has 1 N–H and O–H groups in total. The van der Waals surface area contributed by atoms with Crippen LogP contribution in [0.25, 0.3) is 0 Å². The fraction of sp³-hybridized carbons (Fsp3) is 0.214. The summed E-state index contributed by atoms with van der Waals surface area (Å²) in [5, 5.41) is 3.28. The standard InChI is InChI=1S/C14H14BrClN2/c1-10-8-14(17-9-13(10)15)18-12-4-2-11(3-5-12)6-7-16/h2-5,8-9H,6-7H2,1H3,(H,17,18).